The Morgan fingerprint density at radius 1 is 1.25 bits per heavy atom. The van der Waals surface area contributed by atoms with Gasteiger partial charge in [0.1, 0.15) is 5.38 Å². The number of carbonyl (C=O) groups excluding carboxylic acids is 3. The van der Waals surface area contributed by atoms with Crippen molar-refractivity contribution in [1.82, 2.24) is 5.32 Å². The van der Waals surface area contributed by atoms with E-state index in [1.807, 2.05) is 0 Å². The highest BCUT2D eigenvalue weighted by atomic mass is 35.5. The number of methoxy groups -OCH3 is 1. The second kappa shape index (κ2) is 6.15. The van der Waals surface area contributed by atoms with Crippen molar-refractivity contribution >= 4 is 29.1 Å². The molecule has 0 radical (unpaired) electrons. The lowest BCUT2D eigenvalue weighted by molar-refractivity contribution is -0.140. The maximum absolute atomic E-state index is 12.3. The van der Waals surface area contributed by atoms with Crippen molar-refractivity contribution in [3.8, 4) is 0 Å². The molecule has 1 aromatic carbocycles. The third-order valence-corrected chi connectivity index (χ3v) is 3.65. The van der Waals surface area contributed by atoms with Crippen molar-refractivity contribution < 1.29 is 19.1 Å². The fraction of sp³-hybridized carbons (Fsp3) is 0.357. The van der Waals surface area contributed by atoms with E-state index < -0.39 is 17.4 Å². The van der Waals surface area contributed by atoms with Crippen LogP contribution in [0.4, 0.5) is 0 Å². The number of carbonyl (C=O) groups is 3. The van der Waals surface area contributed by atoms with Crippen LogP contribution in [0.25, 0.3) is 0 Å². The van der Waals surface area contributed by atoms with Gasteiger partial charge in [0.05, 0.1) is 19.6 Å². The summed E-state index contributed by atoms with van der Waals surface area (Å²) in [6.07, 6.45) is 0.111. The normalized spacial score (nSPS) is 21.5. The van der Waals surface area contributed by atoms with Crippen LogP contribution >= 0.6 is 11.6 Å². The number of nitrogens with one attached hydrogen (secondary N) is 1. The molecule has 0 bridgehead atoms. The standard InChI is InChI=1S/C14H14ClNO4/c1-20-10(17)6-7-16-12-11(15)13(18)8-4-2-3-5-9(8)14(12)19/h2-5,11-12,16H,6-7H2,1H3. The van der Waals surface area contributed by atoms with Crippen LogP contribution in [0.1, 0.15) is 27.1 Å². The molecule has 106 valence electrons. The molecule has 0 saturated heterocycles. The Balaban J connectivity index is 2.13. The highest BCUT2D eigenvalue weighted by molar-refractivity contribution is 6.39. The summed E-state index contributed by atoms with van der Waals surface area (Å²) in [5, 5.41) is 1.89. The molecule has 1 aliphatic carbocycles. The first-order valence-corrected chi connectivity index (χ1v) is 6.61. The van der Waals surface area contributed by atoms with Crippen LogP contribution in [0.3, 0.4) is 0 Å². The van der Waals surface area contributed by atoms with Crippen molar-refractivity contribution in [3.63, 3.8) is 0 Å². The minimum Gasteiger partial charge on any atom is -0.469 e. The van der Waals surface area contributed by atoms with E-state index in [-0.39, 0.29) is 24.5 Å². The van der Waals surface area contributed by atoms with Crippen molar-refractivity contribution in [1.29, 1.82) is 0 Å². The molecular weight excluding hydrogens is 282 g/mol. The minimum atomic E-state index is -0.963. The summed E-state index contributed by atoms with van der Waals surface area (Å²) in [7, 11) is 1.29. The number of ether oxygens (including phenoxy) is 1. The smallest absolute Gasteiger partial charge is 0.306 e. The lowest BCUT2D eigenvalue weighted by Gasteiger charge is -2.27. The maximum Gasteiger partial charge on any atom is 0.306 e. The Bertz CT molecular complexity index is 558. The van der Waals surface area contributed by atoms with Gasteiger partial charge in [0.25, 0.3) is 0 Å². The van der Waals surface area contributed by atoms with Gasteiger partial charge in [-0.2, -0.15) is 0 Å². The first kappa shape index (κ1) is 14.7. The quantitative estimate of drug-likeness (QED) is 0.667. The van der Waals surface area contributed by atoms with E-state index in [9.17, 15) is 14.4 Å². The Morgan fingerprint density at radius 2 is 1.85 bits per heavy atom. The molecule has 0 fully saturated rings. The van der Waals surface area contributed by atoms with Crippen LogP contribution in [0.15, 0.2) is 24.3 Å². The first-order chi connectivity index (χ1) is 9.56. The Labute approximate surface area is 121 Å². The number of halogens is 1. The lowest BCUT2D eigenvalue weighted by Crippen LogP contribution is -2.51. The van der Waals surface area contributed by atoms with Crippen LogP contribution in [-0.4, -0.2) is 42.6 Å². The van der Waals surface area contributed by atoms with E-state index >= 15 is 0 Å². The molecule has 6 heteroatoms. The zero-order valence-corrected chi connectivity index (χ0v) is 11.6. The molecule has 0 spiro atoms. The molecule has 2 rings (SSSR count). The number of Topliss-reactive ketones (excluding diaryl/α,β-unsaturated/α-hetero) is 2. The zero-order valence-electron chi connectivity index (χ0n) is 10.9. The molecule has 0 saturated carbocycles. The van der Waals surface area contributed by atoms with Crippen LogP contribution in [0, 0.1) is 0 Å². The summed E-state index contributed by atoms with van der Waals surface area (Å²) < 4.78 is 4.51. The average molecular weight is 296 g/mol. The third-order valence-electron chi connectivity index (χ3n) is 3.20. The molecule has 20 heavy (non-hydrogen) atoms. The summed E-state index contributed by atoms with van der Waals surface area (Å²) in [5.41, 5.74) is 0.716. The fourth-order valence-corrected chi connectivity index (χ4v) is 2.46. The molecule has 1 aromatic rings. The highest BCUT2D eigenvalue weighted by Gasteiger charge is 2.39. The van der Waals surface area contributed by atoms with Gasteiger partial charge in [-0.15, -0.1) is 11.6 Å². The monoisotopic (exact) mass is 295 g/mol. The highest BCUT2D eigenvalue weighted by Crippen LogP contribution is 2.25. The van der Waals surface area contributed by atoms with Gasteiger partial charge in [0, 0.05) is 17.7 Å². The van der Waals surface area contributed by atoms with E-state index in [1.165, 1.54) is 7.11 Å². The van der Waals surface area contributed by atoms with Crippen LogP contribution in [-0.2, 0) is 9.53 Å². The molecule has 2 unspecified atom stereocenters. The number of rotatable bonds is 4. The SMILES string of the molecule is COC(=O)CCNC1C(=O)c2ccccc2C(=O)C1Cl. The lowest BCUT2D eigenvalue weighted by atomic mass is 9.86. The van der Waals surface area contributed by atoms with Gasteiger partial charge in [-0.3, -0.25) is 14.4 Å². The van der Waals surface area contributed by atoms with Gasteiger partial charge < -0.3 is 10.1 Å². The van der Waals surface area contributed by atoms with E-state index in [0.717, 1.165) is 0 Å². The van der Waals surface area contributed by atoms with Crippen molar-refractivity contribution in [2.24, 2.45) is 0 Å². The molecule has 0 heterocycles. The fourth-order valence-electron chi connectivity index (χ4n) is 2.14. The number of ketones is 2. The van der Waals surface area contributed by atoms with Gasteiger partial charge in [0.2, 0.25) is 0 Å². The van der Waals surface area contributed by atoms with Crippen LogP contribution in [0.2, 0.25) is 0 Å². The van der Waals surface area contributed by atoms with Crippen LogP contribution < -0.4 is 5.32 Å². The number of fused-ring (bicyclic) bond motifs is 1. The maximum atomic E-state index is 12.3. The summed E-state index contributed by atoms with van der Waals surface area (Å²) >= 11 is 6.06. The number of alkyl halides is 1. The predicted molar refractivity (Wildman–Crippen MR) is 73.2 cm³/mol. The van der Waals surface area contributed by atoms with E-state index in [0.29, 0.717) is 11.1 Å². The number of hydrogen-bond acceptors (Lipinski definition) is 5. The molecule has 1 aliphatic rings. The van der Waals surface area contributed by atoms with E-state index in [1.54, 1.807) is 24.3 Å². The van der Waals surface area contributed by atoms with Crippen molar-refractivity contribution in [2.45, 2.75) is 17.8 Å². The van der Waals surface area contributed by atoms with Gasteiger partial charge in [-0.25, -0.2) is 0 Å². The third kappa shape index (κ3) is 2.73. The predicted octanol–water partition coefficient (Wildman–Crippen LogP) is 1.19. The van der Waals surface area contributed by atoms with Crippen molar-refractivity contribution in [3.05, 3.63) is 35.4 Å². The van der Waals surface area contributed by atoms with E-state index in [4.69, 9.17) is 11.6 Å². The molecular formula is C14H14ClNO4. The van der Waals surface area contributed by atoms with Gasteiger partial charge >= 0.3 is 5.97 Å². The summed E-state index contributed by atoms with van der Waals surface area (Å²) in [6.45, 7) is 0.224. The first-order valence-electron chi connectivity index (χ1n) is 6.18. The molecule has 0 aromatic heterocycles. The van der Waals surface area contributed by atoms with Gasteiger partial charge in [-0.1, -0.05) is 24.3 Å². The van der Waals surface area contributed by atoms with Crippen molar-refractivity contribution in [2.75, 3.05) is 13.7 Å². The van der Waals surface area contributed by atoms with Crippen LogP contribution in [0.5, 0.6) is 0 Å². The summed E-state index contributed by atoms with van der Waals surface area (Å²) in [5.74, 6) is -0.902. The number of benzene rings is 1. The average Bonchev–Trinajstić information content (AvgIpc) is 2.48. The largest absolute Gasteiger partial charge is 0.469 e. The Morgan fingerprint density at radius 3 is 2.45 bits per heavy atom. The minimum absolute atomic E-state index is 0.111. The summed E-state index contributed by atoms with van der Waals surface area (Å²) in [6, 6.07) is 5.77. The van der Waals surface area contributed by atoms with Gasteiger partial charge in [-0.05, 0) is 0 Å². The topological polar surface area (TPSA) is 72.5 Å². The molecule has 1 N–H and O–H groups in total. The second-order valence-corrected chi connectivity index (χ2v) is 4.90. The molecule has 0 aliphatic heterocycles. The molecule has 2 atom stereocenters. The molecule has 0 amide bonds. The van der Waals surface area contributed by atoms with E-state index in [2.05, 4.69) is 10.1 Å². The Kier molecular flexibility index (Phi) is 4.52. The molecule has 5 nitrogen and oxygen atoms in total. The summed E-state index contributed by atoms with van der Waals surface area (Å²) in [4.78, 5) is 35.4. The number of hydrogen-bond donors (Lipinski definition) is 1. The number of esters is 1. The second-order valence-electron chi connectivity index (χ2n) is 4.43. The zero-order chi connectivity index (χ0) is 14.7. The van der Waals surface area contributed by atoms with Gasteiger partial charge in [0.15, 0.2) is 11.6 Å². The Hall–Kier alpha value is -1.72.